The van der Waals surface area contributed by atoms with E-state index in [4.69, 9.17) is 10.5 Å². The maximum atomic E-state index is 5.95. The maximum Gasteiger partial charge on any atom is 0.0588 e. The number of methoxy groups -OCH3 is 1. The molecule has 1 saturated carbocycles. The lowest BCUT2D eigenvalue weighted by Crippen LogP contribution is -2.42. The SMILES string of the molecule is CO[C@@H]1C[C@H](C)[C@H](C)[C@@H](N)C1. The van der Waals surface area contributed by atoms with Crippen LogP contribution in [-0.2, 0) is 4.74 Å². The van der Waals surface area contributed by atoms with E-state index in [1.807, 2.05) is 0 Å². The molecule has 0 heterocycles. The first-order valence-electron chi connectivity index (χ1n) is 4.43. The number of hydrogen-bond donors (Lipinski definition) is 1. The molecule has 0 aromatic heterocycles. The van der Waals surface area contributed by atoms with Gasteiger partial charge < -0.3 is 10.5 Å². The second-order valence-electron chi connectivity index (χ2n) is 3.83. The van der Waals surface area contributed by atoms with Gasteiger partial charge in [-0.25, -0.2) is 0 Å². The molecule has 66 valence electrons. The van der Waals surface area contributed by atoms with Crippen molar-refractivity contribution < 1.29 is 4.74 Å². The molecule has 0 amide bonds. The Hall–Kier alpha value is -0.0800. The van der Waals surface area contributed by atoms with Gasteiger partial charge in [-0.05, 0) is 24.7 Å². The summed E-state index contributed by atoms with van der Waals surface area (Å²) in [7, 11) is 1.78. The van der Waals surface area contributed by atoms with E-state index in [0.29, 0.717) is 24.0 Å². The van der Waals surface area contributed by atoms with E-state index in [1.165, 1.54) is 6.42 Å². The van der Waals surface area contributed by atoms with Crippen molar-refractivity contribution in [3.8, 4) is 0 Å². The zero-order valence-corrected chi connectivity index (χ0v) is 7.71. The van der Waals surface area contributed by atoms with Crippen molar-refractivity contribution in [2.24, 2.45) is 17.6 Å². The minimum atomic E-state index is 0.337. The van der Waals surface area contributed by atoms with Crippen molar-refractivity contribution in [2.45, 2.75) is 38.8 Å². The summed E-state index contributed by atoms with van der Waals surface area (Å²) in [6, 6.07) is 0.337. The van der Waals surface area contributed by atoms with Crippen LogP contribution in [0, 0.1) is 11.8 Å². The zero-order valence-electron chi connectivity index (χ0n) is 7.71. The third-order valence-electron chi connectivity index (χ3n) is 3.08. The van der Waals surface area contributed by atoms with Crippen molar-refractivity contribution in [1.82, 2.24) is 0 Å². The van der Waals surface area contributed by atoms with E-state index < -0.39 is 0 Å². The highest BCUT2D eigenvalue weighted by atomic mass is 16.5. The van der Waals surface area contributed by atoms with Crippen LogP contribution in [0.1, 0.15) is 26.7 Å². The summed E-state index contributed by atoms with van der Waals surface area (Å²) in [5.74, 6) is 1.37. The monoisotopic (exact) mass is 157 g/mol. The van der Waals surface area contributed by atoms with Crippen LogP contribution < -0.4 is 5.73 Å². The molecule has 0 aromatic rings. The van der Waals surface area contributed by atoms with Crippen molar-refractivity contribution >= 4 is 0 Å². The molecule has 0 spiro atoms. The summed E-state index contributed by atoms with van der Waals surface area (Å²) < 4.78 is 5.30. The highest BCUT2D eigenvalue weighted by molar-refractivity contribution is 4.84. The van der Waals surface area contributed by atoms with Gasteiger partial charge in [0.15, 0.2) is 0 Å². The minimum Gasteiger partial charge on any atom is -0.381 e. The third kappa shape index (κ3) is 1.94. The van der Waals surface area contributed by atoms with Crippen LogP contribution in [0.15, 0.2) is 0 Å². The fourth-order valence-electron chi connectivity index (χ4n) is 1.86. The summed E-state index contributed by atoms with van der Waals surface area (Å²) in [5, 5.41) is 0. The smallest absolute Gasteiger partial charge is 0.0588 e. The molecular formula is C9H19NO. The van der Waals surface area contributed by atoms with Gasteiger partial charge in [0.1, 0.15) is 0 Å². The van der Waals surface area contributed by atoms with Gasteiger partial charge in [-0.3, -0.25) is 0 Å². The Labute approximate surface area is 69.1 Å². The lowest BCUT2D eigenvalue weighted by molar-refractivity contribution is 0.0271. The molecule has 1 aliphatic rings. The highest BCUT2D eigenvalue weighted by Crippen LogP contribution is 2.29. The Morgan fingerprint density at radius 2 is 1.91 bits per heavy atom. The van der Waals surface area contributed by atoms with Crippen LogP contribution in [0.3, 0.4) is 0 Å². The molecule has 0 aliphatic heterocycles. The molecule has 4 atom stereocenters. The normalized spacial score (nSPS) is 45.8. The predicted octanol–water partition coefficient (Wildman–Crippen LogP) is 1.39. The van der Waals surface area contributed by atoms with Crippen LogP contribution in [-0.4, -0.2) is 19.3 Å². The van der Waals surface area contributed by atoms with E-state index in [0.717, 1.165) is 6.42 Å². The molecule has 2 heteroatoms. The molecule has 1 aliphatic carbocycles. The van der Waals surface area contributed by atoms with Crippen molar-refractivity contribution in [3.05, 3.63) is 0 Å². The Balaban J connectivity index is 2.47. The average Bonchev–Trinajstić information content (AvgIpc) is 1.99. The summed E-state index contributed by atoms with van der Waals surface area (Å²) in [5.41, 5.74) is 5.95. The van der Waals surface area contributed by atoms with Crippen molar-refractivity contribution in [3.63, 3.8) is 0 Å². The van der Waals surface area contributed by atoms with Crippen LogP contribution >= 0.6 is 0 Å². The average molecular weight is 157 g/mol. The fraction of sp³-hybridized carbons (Fsp3) is 1.00. The third-order valence-corrected chi connectivity index (χ3v) is 3.08. The second-order valence-corrected chi connectivity index (χ2v) is 3.83. The lowest BCUT2D eigenvalue weighted by atomic mass is 9.77. The minimum absolute atomic E-state index is 0.337. The van der Waals surface area contributed by atoms with E-state index >= 15 is 0 Å². The number of nitrogens with two attached hydrogens (primary N) is 1. The molecule has 2 nitrogen and oxygen atoms in total. The van der Waals surface area contributed by atoms with Gasteiger partial charge >= 0.3 is 0 Å². The Morgan fingerprint density at radius 1 is 1.27 bits per heavy atom. The molecular weight excluding hydrogens is 138 g/mol. The highest BCUT2D eigenvalue weighted by Gasteiger charge is 2.30. The largest absolute Gasteiger partial charge is 0.381 e. The van der Waals surface area contributed by atoms with Gasteiger partial charge in [-0.2, -0.15) is 0 Å². The summed E-state index contributed by atoms with van der Waals surface area (Å²) in [6.45, 7) is 4.50. The topological polar surface area (TPSA) is 35.2 Å². The van der Waals surface area contributed by atoms with E-state index in [2.05, 4.69) is 13.8 Å². The van der Waals surface area contributed by atoms with Crippen LogP contribution in [0.25, 0.3) is 0 Å². The van der Waals surface area contributed by atoms with Crippen LogP contribution in [0.5, 0.6) is 0 Å². The molecule has 11 heavy (non-hydrogen) atoms. The maximum absolute atomic E-state index is 5.95. The summed E-state index contributed by atoms with van der Waals surface area (Å²) in [4.78, 5) is 0. The first-order valence-corrected chi connectivity index (χ1v) is 4.43. The van der Waals surface area contributed by atoms with Crippen molar-refractivity contribution in [1.29, 1.82) is 0 Å². The van der Waals surface area contributed by atoms with Gasteiger partial charge in [-0.15, -0.1) is 0 Å². The number of ether oxygens (including phenoxy) is 1. The Morgan fingerprint density at radius 3 is 2.36 bits per heavy atom. The first kappa shape index (κ1) is 9.01. The van der Waals surface area contributed by atoms with Crippen molar-refractivity contribution in [2.75, 3.05) is 7.11 Å². The summed E-state index contributed by atoms with van der Waals surface area (Å²) in [6.07, 6.45) is 2.60. The van der Waals surface area contributed by atoms with Gasteiger partial charge in [-0.1, -0.05) is 13.8 Å². The molecule has 0 bridgehead atoms. The Bertz CT molecular complexity index is 115. The number of hydrogen-bond acceptors (Lipinski definition) is 2. The standard InChI is InChI=1S/C9H19NO/c1-6-4-8(11-3)5-9(10)7(6)2/h6-9H,4-5,10H2,1-3H3/t6-,7-,8+,9-/m0/s1. The predicted molar refractivity (Wildman–Crippen MR) is 46.3 cm³/mol. The zero-order chi connectivity index (χ0) is 8.43. The lowest BCUT2D eigenvalue weighted by Gasteiger charge is -2.36. The second kappa shape index (κ2) is 3.55. The first-order chi connectivity index (χ1) is 5.15. The van der Waals surface area contributed by atoms with E-state index in [1.54, 1.807) is 7.11 Å². The molecule has 1 rings (SSSR count). The summed E-state index contributed by atoms with van der Waals surface area (Å²) >= 11 is 0. The van der Waals surface area contributed by atoms with Crippen LogP contribution in [0.4, 0.5) is 0 Å². The molecule has 0 unspecified atom stereocenters. The van der Waals surface area contributed by atoms with Crippen LogP contribution in [0.2, 0.25) is 0 Å². The van der Waals surface area contributed by atoms with E-state index in [-0.39, 0.29) is 0 Å². The Kier molecular flexibility index (Phi) is 2.90. The van der Waals surface area contributed by atoms with Gasteiger partial charge in [0.25, 0.3) is 0 Å². The fourth-order valence-corrected chi connectivity index (χ4v) is 1.86. The molecule has 1 fully saturated rings. The van der Waals surface area contributed by atoms with Gasteiger partial charge in [0.05, 0.1) is 6.10 Å². The van der Waals surface area contributed by atoms with Gasteiger partial charge in [0.2, 0.25) is 0 Å². The molecule has 0 radical (unpaired) electrons. The van der Waals surface area contributed by atoms with Gasteiger partial charge in [0, 0.05) is 13.2 Å². The molecule has 0 aromatic carbocycles. The quantitative estimate of drug-likeness (QED) is 0.624. The molecule has 2 N–H and O–H groups in total. The number of rotatable bonds is 1. The van der Waals surface area contributed by atoms with E-state index in [9.17, 15) is 0 Å². The molecule has 0 saturated heterocycles.